The summed E-state index contributed by atoms with van der Waals surface area (Å²) in [5.74, 6) is 1.77. The average molecular weight is 364 g/mol. The molecule has 3 aromatic rings. The van der Waals surface area contributed by atoms with Gasteiger partial charge in [0.2, 0.25) is 10.8 Å². The number of aryl methyl sites for hydroxylation is 2. The summed E-state index contributed by atoms with van der Waals surface area (Å²) in [7, 11) is 0. The van der Waals surface area contributed by atoms with Crippen LogP contribution < -0.4 is 4.90 Å². The molecule has 0 saturated carbocycles. The van der Waals surface area contributed by atoms with Gasteiger partial charge in [0, 0.05) is 0 Å². The number of likely N-dealkylation sites (tertiary alicyclic amines) is 1. The smallest absolute Gasteiger partial charge is 0.235 e. The van der Waals surface area contributed by atoms with Crippen molar-refractivity contribution in [1.29, 1.82) is 0 Å². The molecule has 0 radical (unpaired) electrons. The number of aromatic hydroxyl groups is 1. The minimum Gasteiger partial charge on any atom is -0.492 e. The first-order valence-corrected chi connectivity index (χ1v) is 10.2. The Morgan fingerprint density at radius 2 is 2.04 bits per heavy atom. The number of thiophene rings is 1. The molecule has 7 heteroatoms. The molecule has 2 N–H and O–H groups in total. The van der Waals surface area contributed by atoms with Gasteiger partial charge in [0.05, 0.1) is 18.0 Å². The minimum absolute atomic E-state index is 0.186. The van der Waals surface area contributed by atoms with E-state index in [9.17, 15) is 5.11 Å². The molecule has 1 aliphatic rings. The summed E-state index contributed by atoms with van der Waals surface area (Å²) >= 11 is 3.38. The molecule has 128 valence electrons. The van der Waals surface area contributed by atoms with Gasteiger partial charge in [0.15, 0.2) is 6.04 Å². The molecule has 4 heterocycles. The van der Waals surface area contributed by atoms with Crippen LogP contribution >= 0.6 is 22.7 Å². The summed E-state index contributed by atoms with van der Waals surface area (Å²) in [6.45, 7) is 8.66. The Kier molecular flexibility index (Phi) is 4.10. The maximum Gasteiger partial charge on any atom is 0.235 e. The highest BCUT2D eigenvalue weighted by molar-refractivity contribution is 7.17. The molecule has 3 aromatic heterocycles. The van der Waals surface area contributed by atoms with Crippen molar-refractivity contribution in [2.24, 2.45) is 5.92 Å². The first-order valence-electron chi connectivity index (χ1n) is 8.48. The van der Waals surface area contributed by atoms with Crippen LogP contribution in [0.3, 0.4) is 0 Å². The Balaban J connectivity index is 1.80. The quantitative estimate of drug-likeness (QED) is 0.752. The standard InChI is InChI=1S/C17H22N4OS2/c1-10-4-7-20(8-5-10)13(14-11(2)6-9-23-14)15-16(22)21-17(24-15)18-12(3)19-21/h6,9-10,13,22H,4-5,7-8H2,1-3H3/p+1/t13-/m0/s1. The summed E-state index contributed by atoms with van der Waals surface area (Å²) in [5, 5.41) is 17.3. The predicted molar refractivity (Wildman–Crippen MR) is 97.3 cm³/mol. The minimum atomic E-state index is 0.186. The Morgan fingerprint density at radius 1 is 1.29 bits per heavy atom. The van der Waals surface area contributed by atoms with Crippen molar-refractivity contribution in [3.05, 3.63) is 32.6 Å². The number of quaternary nitrogens is 1. The highest BCUT2D eigenvalue weighted by Crippen LogP contribution is 2.38. The van der Waals surface area contributed by atoms with Gasteiger partial charge in [0.1, 0.15) is 10.7 Å². The largest absolute Gasteiger partial charge is 0.492 e. The van der Waals surface area contributed by atoms with Crippen LogP contribution in [0.15, 0.2) is 11.4 Å². The van der Waals surface area contributed by atoms with E-state index in [0.29, 0.717) is 5.82 Å². The Morgan fingerprint density at radius 3 is 2.67 bits per heavy atom. The van der Waals surface area contributed by atoms with Crippen LogP contribution in [0.25, 0.3) is 4.96 Å². The topological polar surface area (TPSA) is 54.9 Å². The van der Waals surface area contributed by atoms with Gasteiger partial charge in [-0.2, -0.15) is 4.52 Å². The van der Waals surface area contributed by atoms with Crippen LogP contribution in [0.1, 0.15) is 46.9 Å². The number of fused-ring (bicyclic) bond motifs is 1. The monoisotopic (exact) mass is 363 g/mol. The van der Waals surface area contributed by atoms with Crippen molar-refractivity contribution in [2.75, 3.05) is 13.1 Å². The van der Waals surface area contributed by atoms with Gasteiger partial charge in [-0.25, -0.2) is 4.98 Å². The first kappa shape index (κ1) is 16.1. The Hall–Kier alpha value is -1.44. The molecule has 0 amide bonds. The van der Waals surface area contributed by atoms with E-state index in [1.807, 2.05) is 6.92 Å². The molecule has 0 aliphatic carbocycles. The molecule has 0 unspecified atom stereocenters. The zero-order chi connectivity index (χ0) is 16.8. The lowest BCUT2D eigenvalue weighted by Gasteiger charge is -2.33. The second kappa shape index (κ2) is 6.13. The van der Waals surface area contributed by atoms with Crippen LogP contribution in [-0.4, -0.2) is 32.8 Å². The van der Waals surface area contributed by atoms with E-state index in [0.717, 1.165) is 28.8 Å². The summed E-state index contributed by atoms with van der Waals surface area (Å²) in [6, 6.07) is 2.36. The van der Waals surface area contributed by atoms with Gasteiger partial charge in [-0.3, -0.25) is 0 Å². The number of nitrogens with one attached hydrogen (secondary N) is 1. The predicted octanol–water partition coefficient (Wildman–Crippen LogP) is 2.58. The maximum atomic E-state index is 10.8. The Bertz CT molecular complexity index is 857. The molecular formula is C17H23N4OS2+. The second-order valence-electron chi connectivity index (χ2n) is 6.88. The number of hydrogen-bond donors (Lipinski definition) is 2. The van der Waals surface area contributed by atoms with Crippen LogP contribution in [-0.2, 0) is 0 Å². The highest BCUT2D eigenvalue weighted by Gasteiger charge is 2.36. The fourth-order valence-corrected chi connectivity index (χ4v) is 5.96. The number of nitrogens with zero attached hydrogens (tertiary/aromatic N) is 3. The van der Waals surface area contributed by atoms with Crippen molar-refractivity contribution in [1.82, 2.24) is 14.6 Å². The number of piperidine rings is 1. The van der Waals surface area contributed by atoms with E-state index < -0.39 is 0 Å². The fourth-order valence-electron chi connectivity index (χ4n) is 3.63. The SMILES string of the molecule is Cc1nc2sc([C@H](c3sccc3C)[NH+]3CCC(C)CC3)c(O)n2n1. The third-order valence-electron chi connectivity index (χ3n) is 5.06. The average Bonchev–Trinajstić information content (AvgIpc) is 3.20. The van der Waals surface area contributed by atoms with Crippen LogP contribution in [0, 0.1) is 19.8 Å². The molecule has 0 aromatic carbocycles. The molecule has 24 heavy (non-hydrogen) atoms. The van der Waals surface area contributed by atoms with Crippen LogP contribution in [0.5, 0.6) is 5.88 Å². The molecule has 1 fully saturated rings. The van der Waals surface area contributed by atoms with Gasteiger partial charge in [-0.1, -0.05) is 18.3 Å². The number of aromatic nitrogens is 3. The van der Waals surface area contributed by atoms with Crippen molar-refractivity contribution in [3.8, 4) is 5.88 Å². The van der Waals surface area contributed by atoms with E-state index in [2.05, 4.69) is 35.4 Å². The molecule has 1 saturated heterocycles. The maximum absolute atomic E-state index is 10.8. The third kappa shape index (κ3) is 2.64. The zero-order valence-electron chi connectivity index (χ0n) is 14.2. The van der Waals surface area contributed by atoms with Gasteiger partial charge >= 0.3 is 0 Å². The molecular weight excluding hydrogens is 340 g/mol. The molecule has 1 aliphatic heterocycles. The summed E-state index contributed by atoms with van der Waals surface area (Å²) in [4.78, 5) is 9.13. The molecule has 0 bridgehead atoms. The lowest BCUT2D eigenvalue weighted by molar-refractivity contribution is -0.930. The first-order chi connectivity index (χ1) is 11.5. The van der Waals surface area contributed by atoms with E-state index in [4.69, 9.17) is 0 Å². The van der Waals surface area contributed by atoms with Crippen molar-refractivity contribution < 1.29 is 10.0 Å². The zero-order valence-corrected chi connectivity index (χ0v) is 15.9. The van der Waals surface area contributed by atoms with Gasteiger partial charge in [-0.15, -0.1) is 16.4 Å². The normalized spacial score (nSPS) is 23.0. The third-order valence-corrected chi connectivity index (χ3v) is 7.23. The van der Waals surface area contributed by atoms with E-state index in [1.165, 1.54) is 23.3 Å². The fraction of sp³-hybridized carbons (Fsp3) is 0.529. The van der Waals surface area contributed by atoms with Crippen molar-refractivity contribution in [3.63, 3.8) is 0 Å². The number of hydrogen-bond acceptors (Lipinski definition) is 5. The van der Waals surface area contributed by atoms with E-state index in [1.54, 1.807) is 32.1 Å². The van der Waals surface area contributed by atoms with Crippen LogP contribution in [0.4, 0.5) is 0 Å². The van der Waals surface area contributed by atoms with Gasteiger partial charge in [-0.05, 0) is 49.6 Å². The van der Waals surface area contributed by atoms with Gasteiger partial charge in [0.25, 0.3) is 0 Å². The molecule has 1 atom stereocenters. The second-order valence-corrected chi connectivity index (χ2v) is 8.84. The van der Waals surface area contributed by atoms with E-state index >= 15 is 0 Å². The van der Waals surface area contributed by atoms with Crippen LogP contribution in [0.2, 0.25) is 0 Å². The summed E-state index contributed by atoms with van der Waals surface area (Å²) in [5.41, 5.74) is 1.31. The number of thiazole rings is 1. The molecule has 5 nitrogen and oxygen atoms in total. The number of rotatable bonds is 3. The lowest BCUT2D eigenvalue weighted by atomic mass is 9.96. The lowest BCUT2D eigenvalue weighted by Crippen LogP contribution is -3.13. The van der Waals surface area contributed by atoms with Crippen molar-refractivity contribution >= 4 is 27.6 Å². The van der Waals surface area contributed by atoms with E-state index in [-0.39, 0.29) is 11.9 Å². The Labute approximate surface area is 149 Å². The molecule has 0 spiro atoms. The summed E-state index contributed by atoms with van der Waals surface area (Å²) in [6.07, 6.45) is 2.49. The highest BCUT2D eigenvalue weighted by atomic mass is 32.1. The molecule has 4 rings (SSSR count). The van der Waals surface area contributed by atoms with Gasteiger partial charge < -0.3 is 10.0 Å². The van der Waals surface area contributed by atoms with Crippen molar-refractivity contribution in [2.45, 2.75) is 39.7 Å². The summed E-state index contributed by atoms with van der Waals surface area (Å²) < 4.78 is 1.59.